The number of halogens is 2. The Labute approximate surface area is 115 Å². The van der Waals surface area contributed by atoms with E-state index >= 15 is 0 Å². The van der Waals surface area contributed by atoms with Crippen LogP contribution >= 0.6 is 23.2 Å². The molecule has 0 saturated carbocycles. The Morgan fingerprint density at radius 1 is 0.941 bits per heavy atom. The van der Waals surface area contributed by atoms with Crippen LogP contribution in [-0.2, 0) is 0 Å². The van der Waals surface area contributed by atoms with E-state index in [1.807, 2.05) is 4.90 Å². The predicted octanol–water partition coefficient (Wildman–Crippen LogP) is 2.07. The standard InChI is InChI=1S/C12H25Cl2NO2/c1-2-3-4-5-6-15(9-11(16)7-13)10-12(17)8-14/h11-12,16-17H,2-10H2,1H3/t11-,12+. The van der Waals surface area contributed by atoms with Crippen LogP contribution in [0.1, 0.15) is 32.6 Å². The Balaban J connectivity index is 3.92. The minimum absolute atomic E-state index is 0.225. The van der Waals surface area contributed by atoms with Crippen LogP contribution in [0.3, 0.4) is 0 Å². The highest BCUT2D eigenvalue weighted by molar-refractivity contribution is 6.18. The Hall–Kier alpha value is 0.460. The third-order valence-corrected chi connectivity index (χ3v) is 3.33. The van der Waals surface area contributed by atoms with Gasteiger partial charge in [-0.25, -0.2) is 0 Å². The molecule has 3 nitrogen and oxygen atoms in total. The maximum Gasteiger partial charge on any atom is 0.0802 e. The van der Waals surface area contributed by atoms with Crippen molar-refractivity contribution >= 4 is 23.2 Å². The van der Waals surface area contributed by atoms with Gasteiger partial charge < -0.3 is 10.2 Å². The summed E-state index contributed by atoms with van der Waals surface area (Å²) in [6.07, 6.45) is 3.62. The number of aliphatic hydroxyl groups is 2. The minimum atomic E-state index is -0.537. The van der Waals surface area contributed by atoms with Crippen molar-refractivity contribution in [3.05, 3.63) is 0 Å². The van der Waals surface area contributed by atoms with Gasteiger partial charge in [0.1, 0.15) is 0 Å². The molecule has 0 amide bonds. The molecule has 2 atom stereocenters. The van der Waals surface area contributed by atoms with Gasteiger partial charge in [-0.15, -0.1) is 23.2 Å². The van der Waals surface area contributed by atoms with E-state index in [0.29, 0.717) is 13.1 Å². The fourth-order valence-electron chi connectivity index (χ4n) is 1.71. The zero-order valence-corrected chi connectivity index (χ0v) is 12.1. The fourth-order valence-corrected chi connectivity index (χ4v) is 1.91. The molecule has 5 heteroatoms. The summed E-state index contributed by atoms with van der Waals surface area (Å²) in [5, 5.41) is 19.1. The first-order chi connectivity index (χ1) is 8.13. The van der Waals surface area contributed by atoms with Crippen LogP contribution in [0.5, 0.6) is 0 Å². The van der Waals surface area contributed by atoms with Gasteiger partial charge in [-0.05, 0) is 13.0 Å². The van der Waals surface area contributed by atoms with Gasteiger partial charge in [-0.1, -0.05) is 26.2 Å². The maximum atomic E-state index is 9.53. The summed E-state index contributed by atoms with van der Waals surface area (Å²) in [6, 6.07) is 0. The van der Waals surface area contributed by atoms with E-state index in [9.17, 15) is 10.2 Å². The van der Waals surface area contributed by atoms with Gasteiger partial charge in [-0.3, -0.25) is 4.90 Å². The van der Waals surface area contributed by atoms with Crippen LogP contribution < -0.4 is 0 Å². The van der Waals surface area contributed by atoms with Gasteiger partial charge in [0.25, 0.3) is 0 Å². The van der Waals surface area contributed by atoms with E-state index in [1.54, 1.807) is 0 Å². The Bertz CT molecular complexity index is 161. The third-order valence-electron chi connectivity index (χ3n) is 2.62. The third kappa shape index (κ3) is 10.1. The van der Waals surface area contributed by atoms with Crippen LogP contribution in [-0.4, -0.2) is 58.7 Å². The van der Waals surface area contributed by atoms with E-state index in [1.165, 1.54) is 19.3 Å². The number of rotatable bonds is 11. The summed E-state index contributed by atoms with van der Waals surface area (Å²) in [6.45, 7) is 4.06. The van der Waals surface area contributed by atoms with Gasteiger partial charge in [-0.2, -0.15) is 0 Å². The van der Waals surface area contributed by atoms with Crippen molar-refractivity contribution in [1.82, 2.24) is 4.90 Å². The molecule has 17 heavy (non-hydrogen) atoms. The predicted molar refractivity (Wildman–Crippen MR) is 74.0 cm³/mol. The molecule has 0 spiro atoms. The molecule has 0 aliphatic carbocycles. The summed E-state index contributed by atoms with van der Waals surface area (Å²) >= 11 is 11.2. The van der Waals surface area contributed by atoms with Crippen LogP contribution in [0, 0.1) is 0 Å². The highest BCUT2D eigenvalue weighted by Crippen LogP contribution is 2.04. The van der Waals surface area contributed by atoms with Gasteiger partial charge in [0, 0.05) is 24.8 Å². The van der Waals surface area contributed by atoms with E-state index in [0.717, 1.165) is 13.0 Å². The zero-order chi connectivity index (χ0) is 13.1. The normalized spacial score (nSPS) is 15.2. The van der Waals surface area contributed by atoms with Crippen molar-refractivity contribution in [2.75, 3.05) is 31.4 Å². The van der Waals surface area contributed by atoms with Gasteiger partial charge >= 0.3 is 0 Å². The molecule has 2 N–H and O–H groups in total. The lowest BCUT2D eigenvalue weighted by Crippen LogP contribution is -2.39. The Kier molecular flexibility index (Phi) is 11.9. The van der Waals surface area contributed by atoms with Crippen LogP contribution in [0.4, 0.5) is 0 Å². The molecule has 0 rings (SSSR count). The number of aliphatic hydroxyl groups excluding tert-OH is 2. The highest BCUT2D eigenvalue weighted by Gasteiger charge is 2.14. The maximum absolute atomic E-state index is 9.53. The second kappa shape index (κ2) is 11.5. The van der Waals surface area contributed by atoms with Crippen LogP contribution in [0.2, 0.25) is 0 Å². The van der Waals surface area contributed by atoms with Crippen molar-refractivity contribution in [2.45, 2.75) is 44.8 Å². The molecule has 0 aromatic carbocycles. The van der Waals surface area contributed by atoms with E-state index in [4.69, 9.17) is 23.2 Å². The van der Waals surface area contributed by atoms with E-state index in [2.05, 4.69) is 6.92 Å². The second-order valence-corrected chi connectivity index (χ2v) is 5.05. The molecule has 0 aromatic heterocycles. The van der Waals surface area contributed by atoms with Crippen molar-refractivity contribution in [3.8, 4) is 0 Å². The summed E-state index contributed by atoms with van der Waals surface area (Å²) in [4.78, 5) is 2.04. The number of nitrogens with zero attached hydrogens (tertiary/aromatic N) is 1. The Morgan fingerprint density at radius 2 is 1.47 bits per heavy atom. The van der Waals surface area contributed by atoms with Crippen molar-refractivity contribution in [2.24, 2.45) is 0 Å². The fraction of sp³-hybridized carbons (Fsp3) is 1.00. The summed E-state index contributed by atoms with van der Waals surface area (Å²) in [7, 11) is 0. The summed E-state index contributed by atoms with van der Waals surface area (Å²) < 4.78 is 0. The molecular weight excluding hydrogens is 261 g/mol. The lowest BCUT2D eigenvalue weighted by molar-refractivity contribution is 0.0850. The Morgan fingerprint density at radius 3 is 1.88 bits per heavy atom. The van der Waals surface area contributed by atoms with Crippen LogP contribution in [0.15, 0.2) is 0 Å². The lowest BCUT2D eigenvalue weighted by Gasteiger charge is -2.26. The highest BCUT2D eigenvalue weighted by atomic mass is 35.5. The molecule has 0 saturated heterocycles. The van der Waals surface area contributed by atoms with Gasteiger partial charge in [0.2, 0.25) is 0 Å². The summed E-state index contributed by atoms with van der Waals surface area (Å²) in [5.74, 6) is 0.449. The van der Waals surface area contributed by atoms with Gasteiger partial charge in [0.15, 0.2) is 0 Å². The number of hydrogen-bond donors (Lipinski definition) is 2. The molecule has 104 valence electrons. The second-order valence-electron chi connectivity index (χ2n) is 4.44. The minimum Gasteiger partial charge on any atom is -0.391 e. The van der Waals surface area contributed by atoms with Crippen molar-refractivity contribution in [1.29, 1.82) is 0 Å². The monoisotopic (exact) mass is 285 g/mol. The SMILES string of the molecule is CCCCCCN(C[C@H](O)CCl)C[C@@H](O)CCl. The van der Waals surface area contributed by atoms with Gasteiger partial charge in [0.05, 0.1) is 12.2 Å². The lowest BCUT2D eigenvalue weighted by atomic mass is 10.2. The average molecular weight is 286 g/mol. The number of hydrogen-bond acceptors (Lipinski definition) is 3. The molecule has 0 fully saturated rings. The first-order valence-electron chi connectivity index (χ1n) is 6.34. The van der Waals surface area contributed by atoms with E-state index < -0.39 is 12.2 Å². The molecular formula is C12H25Cl2NO2. The molecule has 0 aliphatic heterocycles. The first kappa shape index (κ1) is 17.5. The molecule has 0 bridgehead atoms. The molecule has 0 radical (unpaired) electrons. The van der Waals surface area contributed by atoms with Crippen molar-refractivity contribution < 1.29 is 10.2 Å². The molecule has 0 aromatic rings. The first-order valence-corrected chi connectivity index (χ1v) is 7.41. The topological polar surface area (TPSA) is 43.7 Å². The van der Waals surface area contributed by atoms with Crippen molar-refractivity contribution in [3.63, 3.8) is 0 Å². The average Bonchev–Trinajstić information content (AvgIpc) is 2.33. The molecule has 0 aliphatic rings. The molecule has 0 unspecified atom stereocenters. The largest absolute Gasteiger partial charge is 0.391 e. The molecule has 0 heterocycles. The number of unbranched alkanes of at least 4 members (excludes halogenated alkanes) is 3. The number of alkyl halides is 2. The smallest absolute Gasteiger partial charge is 0.0802 e. The zero-order valence-electron chi connectivity index (χ0n) is 10.6. The van der Waals surface area contributed by atoms with Crippen LogP contribution in [0.25, 0.3) is 0 Å². The van der Waals surface area contributed by atoms with E-state index in [-0.39, 0.29) is 11.8 Å². The summed E-state index contributed by atoms with van der Waals surface area (Å²) in [5.41, 5.74) is 0. The quantitative estimate of drug-likeness (QED) is 0.451.